The molecule has 1 aliphatic heterocycles. The number of nitrogens with zero attached hydrogens (tertiary/aromatic N) is 3. The lowest BCUT2D eigenvalue weighted by Crippen LogP contribution is -2.46. The van der Waals surface area contributed by atoms with Crippen LogP contribution in [0, 0.1) is 0 Å². The Morgan fingerprint density at radius 3 is 3.08 bits per heavy atom. The number of pyridine rings is 2. The van der Waals surface area contributed by atoms with Crippen LogP contribution in [0.25, 0.3) is 22.2 Å². The van der Waals surface area contributed by atoms with Gasteiger partial charge in [-0.1, -0.05) is 0 Å². The average Bonchev–Trinajstić information content (AvgIpc) is 3.09. The quantitative estimate of drug-likeness (QED) is 0.791. The summed E-state index contributed by atoms with van der Waals surface area (Å²) >= 11 is 0. The van der Waals surface area contributed by atoms with Crippen molar-refractivity contribution in [1.82, 2.24) is 19.9 Å². The molecular formula is C19H22N4O2. The normalized spacial score (nSPS) is 19.0. The van der Waals surface area contributed by atoms with Crippen molar-refractivity contribution in [3.05, 3.63) is 42.9 Å². The van der Waals surface area contributed by atoms with Gasteiger partial charge in [0, 0.05) is 44.3 Å². The summed E-state index contributed by atoms with van der Waals surface area (Å²) in [6.07, 6.45) is 5.75. The van der Waals surface area contributed by atoms with E-state index in [-0.39, 0.29) is 12.2 Å². The number of fused-ring (bicyclic) bond motifs is 1. The third-order valence-electron chi connectivity index (χ3n) is 4.47. The Labute approximate surface area is 146 Å². The van der Waals surface area contributed by atoms with Crippen molar-refractivity contribution in [1.29, 1.82) is 0 Å². The first-order valence-electron chi connectivity index (χ1n) is 8.58. The smallest absolute Gasteiger partial charge is 0.223 e. The number of hydrogen-bond donors (Lipinski definition) is 1. The van der Waals surface area contributed by atoms with Crippen molar-refractivity contribution in [3.63, 3.8) is 0 Å². The Bertz CT molecular complexity index is 871. The summed E-state index contributed by atoms with van der Waals surface area (Å²) in [5, 5.41) is 4.25. The van der Waals surface area contributed by atoms with Crippen LogP contribution in [0.2, 0.25) is 0 Å². The number of morpholine rings is 1. The monoisotopic (exact) mass is 338 g/mol. The molecule has 0 unspecified atom stereocenters. The average molecular weight is 338 g/mol. The molecule has 3 aromatic rings. The van der Waals surface area contributed by atoms with Crippen molar-refractivity contribution < 1.29 is 9.47 Å². The summed E-state index contributed by atoms with van der Waals surface area (Å²) in [5.74, 6) is 0.603. The van der Waals surface area contributed by atoms with E-state index in [4.69, 9.17) is 14.5 Å². The number of hydrogen-bond acceptors (Lipinski definition) is 5. The molecule has 0 radical (unpaired) electrons. The van der Waals surface area contributed by atoms with Gasteiger partial charge < -0.3 is 19.4 Å². The molecule has 0 spiro atoms. The van der Waals surface area contributed by atoms with E-state index >= 15 is 0 Å². The number of aryl methyl sites for hydroxylation is 1. The highest BCUT2D eigenvalue weighted by molar-refractivity contribution is 5.86. The Morgan fingerprint density at radius 1 is 1.40 bits per heavy atom. The lowest BCUT2D eigenvalue weighted by Gasteiger charge is -2.29. The van der Waals surface area contributed by atoms with Crippen LogP contribution < -0.4 is 10.1 Å². The van der Waals surface area contributed by atoms with E-state index in [0.717, 1.165) is 35.2 Å². The van der Waals surface area contributed by atoms with E-state index in [0.29, 0.717) is 12.5 Å². The van der Waals surface area contributed by atoms with Gasteiger partial charge in [-0.3, -0.25) is 4.98 Å². The number of ether oxygens (including phenoxy) is 2. The molecule has 4 heterocycles. The molecule has 0 bridgehead atoms. The highest BCUT2D eigenvalue weighted by Crippen LogP contribution is 2.29. The van der Waals surface area contributed by atoms with Gasteiger partial charge in [0.25, 0.3) is 0 Å². The largest absolute Gasteiger partial charge is 0.471 e. The number of nitrogens with one attached hydrogen (secondary N) is 1. The molecule has 1 saturated heterocycles. The molecule has 130 valence electrons. The van der Waals surface area contributed by atoms with E-state index in [1.54, 1.807) is 6.20 Å². The topological polar surface area (TPSA) is 61.2 Å². The molecule has 2 atom stereocenters. The maximum Gasteiger partial charge on any atom is 0.223 e. The SMILES string of the molecule is C[C@@H](Oc1nc(-c2ccn(C)c2)cc2ncccc12)[C@@H]1CNCCO1. The number of rotatable bonds is 4. The lowest BCUT2D eigenvalue weighted by atomic mass is 10.1. The summed E-state index contributed by atoms with van der Waals surface area (Å²) in [4.78, 5) is 9.25. The van der Waals surface area contributed by atoms with Gasteiger partial charge in [-0.2, -0.15) is 0 Å². The molecule has 0 saturated carbocycles. The zero-order valence-electron chi connectivity index (χ0n) is 14.5. The minimum Gasteiger partial charge on any atom is -0.471 e. The fraction of sp³-hybridized carbons (Fsp3) is 0.368. The second-order valence-corrected chi connectivity index (χ2v) is 6.38. The molecule has 6 heteroatoms. The van der Waals surface area contributed by atoms with Gasteiger partial charge in [-0.25, -0.2) is 4.98 Å². The second-order valence-electron chi connectivity index (χ2n) is 6.38. The Kier molecular flexibility index (Phi) is 4.38. The summed E-state index contributed by atoms with van der Waals surface area (Å²) in [5.41, 5.74) is 2.78. The Hall–Kier alpha value is -2.44. The van der Waals surface area contributed by atoms with Crippen molar-refractivity contribution in [3.8, 4) is 17.1 Å². The van der Waals surface area contributed by atoms with Crippen LogP contribution >= 0.6 is 0 Å². The van der Waals surface area contributed by atoms with Crippen LogP contribution in [0.1, 0.15) is 6.92 Å². The molecule has 6 nitrogen and oxygen atoms in total. The van der Waals surface area contributed by atoms with Crippen LogP contribution in [-0.4, -0.2) is 46.4 Å². The molecule has 0 aromatic carbocycles. The Morgan fingerprint density at radius 2 is 2.32 bits per heavy atom. The van der Waals surface area contributed by atoms with Gasteiger partial charge in [-0.15, -0.1) is 0 Å². The third kappa shape index (κ3) is 3.36. The van der Waals surface area contributed by atoms with Gasteiger partial charge in [0.05, 0.1) is 23.2 Å². The molecule has 0 amide bonds. The first-order valence-corrected chi connectivity index (χ1v) is 8.58. The molecule has 1 aliphatic rings. The summed E-state index contributed by atoms with van der Waals surface area (Å²) in [6.45, 7) is 4.41. The van der Waals surface area contributed by atoms with Crippen molar-refractivity contribution in [2.24, 2.45) is 7.05 Å². The predicted molar refractivity (Wildman–Crippen MR) is 96.6 cm³/mol. The molecule has 4 rings (SSSR count). The van der Waals surface area contributed by atoms with Crippen LogP contribution in [-0.2, 0) is 11.8 Å². The Balaban J connectivity index is 1.70. The van der Waals surface area contributed by atoms with Gasteiger partial charge in [0.2, 0.25) is 5.88 Å². The molecule has 3 aromatic heterocycles. The van der Waals surface area contributed by atoms with Gasteiger partial charge in [-0.05, 0) is 31.2 Å². The van der Waals surface area contributed by atoms with E-state index in [1.165, 1.54) is 0 Å². The van der Waals surface area contributed by atoms with Gasteiger partial charge in [0.1, 0.15) is 12.2 Å². The zero-order valence-corrected chi connectivity index (χ0v) is 14.5. The van der Waals surface area contributed by atoms with Crippen LogP contribution in [0.4, 0.5) is 0 Å². The fourth-order valence-corrected chi connectivity index (χ4v) is 3.08. The highest BCUT2D eigenvalue weighted by Gasteiger charge is 2.23. The number of aromatic nitrogens is 3. The molecule has 1 N–H and O–H groups in total. The van der Waals surface area contributed by atoms with Gasteiger partial charge >= 0.3 is 0 Å². The van der Waals surface area contributed by atoms with E-state index in [1.807, 2.05) is 55.2 Å². The molecule has 0 aliphatic carbocycles. The maximum atomic E-state index is 6.21. The van der Waals surface area contributed by atoms with Crippen LogP contribution in [0.15, 0.2) is 42.9 Å². The zero-order chi connectivity index (χ0) is 17.2. The molecule has 1 fully saturated rings. The van der Waals surface area contributed by atoms with Crippen LogP contribution in [0.5, 0.6) is 5.88 Å². The second kappa shape index (κ2) is 6.82. The fourth-order valence-electron chi connectivity index (χ4n) is 3.08. The summed E-state index contributed by atoms with van der Waals surface area (Å²) < 4.78 is 14.0. The van der Waals surface area contributed by atoms with Crippen molar-refractivity contribution in [2.45, 2.75) is 19.1 Å². The van der Waals surface area contributed by atoms with E-state index < -0.39 is 0 Å². The minimum atomic E-state index is -0.102. The third-order valence-corrected chi connectivity index (χ3v) is 4.47. The minimum absolute atomic E-state index is 0.0163. The molecular weight excluding hydrogens is 316 g/mol. The first kappa shape index (κ1) is 16.1. The summed E-state index contributed by atoms with van der Waals surface area (Å²) in [6, 6.07) is 7.94. The standard InChI is InChI=1S/C19H22N4O2/c1-13(18-11-20-7-9-24-18)25-19-15-4-3-6-21-17(15)10-16(22-19)14-5-8-23(2)12-14/h3-6,8,10,12-13,18,20H,7,9,11H2,1-2H3/t13-,18+/m1/s1. The highest BCUT2D eigenvalue weighted by atomic mass is 16.5. The lowest BCUT2D eigenvalue weighted by molar-refractivity contribution is -0.0357. The van der Waals surface area contributed by atoms with Crippen molar-refractivity contribution in [2.75, 3.05) is 19.7 Å². The van der Waals surface area contributed by atoms with Crippen molar-refractivity contribution >= 4 is 10.9 Å². The predicted octanol–water partition coefficient (Wildman–Crippen LogP) is 2.39. The van der Waals surface area contributed by atoms with E-state index in [2.05, 4.69) is 10.3 Å². The molecule has 25 heavy (non-hydrogen) atoms. The van der Waals surface area contributed by atoms with Crippen LogP contribution in [0.3, 0.4) is 0 Å². The maximum absolute atomic E-state index is 6.21. The van der Waals surface area contributed by atoms with E-state index in [9.17, 15) is 0 Å². The summed E-state index contributed by atoms with van der Waals surface area (Å²) in [7, 11) is 2.00. The first-order chi connectivity index (χ1) is 12.2. The van der Waals surface area contributed by atoms with Gasteiger partial charge in [0.15, 0.2) is 0 Å².